The minimum Gasteiger partial charge on any atom is -0.0630 e. The van der Waals surface area contributed by atoms with E-state index < -0.39 is 0 Å². The molecule has 0 radical (unpaired) electrons. The molecule has 0 saturated heterocycles. The Morgan fingerprint density at radius 2 is 1.91 bits per heavy atom. The van der Waals surface area contributed by atoms with Crippen molar-refractivity contribution in [2.24, 2.45) is 5.92 Å². The molecule has 0 heterocycles. The standard InChI is InChI=1S/C10H16Si/c1-9(8-11)7-10-5-3-2-4-6-10/h2-6,9H,7-8H2,1,11H3. The molecule has 0 aromatic heterocycles. The summed E-state index contributed by atoms with van der Waals surface area (Å²) < 4.78 is 0. The van der Waals surface area contributed by atoms with Crippen LogP contribution in [-0.2, 0) is 6.42 Å². The molecule has 1 unspecified atom stereocenters. The summed E-state index contributed by atoms with van der Waals surface area (Å²) in [5.74, 6) is 0.879. The molecule has 0 bridgehead atoms. The highest BCUT2D eigenvalue weighted by molar-refractivity contribution is 6.08. The Bertz CT molecular complexity index is 193. The first-order chi connectivity index (χ1) is 5.33. The van der Waals surface area contributed by atoms with Gasteiger partial charge in [0.05, 0.1) is 0 Å². The largest absolute Gasteiger partial charge is 0.0630 e. The first-order valence-electron chi connectivity index (χ1n) is 4.37. The lowest BCUT2D eigenvalue weighted by molar-refractivity contribution is 0.646. The van der Waals surface area contributed by atoms with Gasteiger partial charge >= 0.3 is 0 Å². The van der Waals surface area contributed by atoms with Gasteiger partial charge in [0, 0.05) is 10.2 Å². The quantitative estimate of drug-likeness (QED) is 0.596. The van der Waals surface area contributed by atoms with Crippen LogP contribution in [0.2, 0.25) is 6.04 Å². The highest BCUT2D eigenvalue weighted by Gasteiger charge is 1.98. The molecule has 1 atom stereocenters. The SMILES string of the molecule is CC(C[SiH3])Cc1ccccc1. The van der Waals surface area contributed by atoms with E-state index in [1.807, 2.05) is 0 Å². The Kier molecular flexibility index (Phi) is 3.37. The third-order valence-electron chi connectivity index (χ3n) is 2.12. The zero-order valence-corrected chi connectivity index (χ0v) is 9.38. The molecule has 1 aromatic rings. The maximum absolute atomic E-state index is 2.33. The van der Waals surface area contributed by atoms with E-state index in [4.69, 9.17) is 0 Å². The second kappa shape index (κ2) is 4.34. The maximum Gasteiger partial charge on any atom is 0.00315 e. The summed E-state index contributed by atoms with van der Waals surface area (Å²) in [6, 6.07) is 12.2. The van der Waals surface area contributed by atoms with Crippen molar-refractivity contribution in [3.8, 4) is 0 Å². The van der Waals surface area contributed by atoms with Gasteiger partial charge in [-0.25, -0.2) is 0 Å². The van der Waals surface area contributed by atoms with Crippen molar-refractivity contribution >= 4 is 10.2 Å². The van der Waals surface area contributed by atoms with E-state index in [2.05, 4.69) is 37.3 Å². The molecule has 0 aliphatic heterocycles. The lowest BCUT2D eigenvalue weighted by Gasteiger charge is -2.06. The van der Waals surface area contributed by atoms with E-state index in [0.29, 0.717) is 0 Å². The van der Waals surface area contributed by atoms with Gasteiger partial charge in [0.15, 0.2) is 0 Å². The van der Waals surface area contributed by atoms with E-state index in [1.165, 1.54) is 28.3 Å². The van der Waals surface area contributed by atoms with Crippen molar-refractivity contribution in [3.05, 3.63) is 35.9 Å². The van der Waals surface area contributed by atoms with Crippen LogP contribution in [0.4, 0.5) is 0 Å². The van der Waals surface area contributed by atoms with Gasteiger partial charge < -0.3 is 0 Å². The molecule has 0 aliphatic carbocycles. The van der Waals surface area contributed by atoms with Gasteiger partial charge in [0.2, 0.25) is 0 Å². The van der Waals surface area contributed by atoms with Gasteiger partial charge in [-0.15, -0.1) is 0 Å². The van der Waals surface area contributed by atoms with Crippen LogP contribution in [0.1, 0.15) is 12.5 Å². The smallest absolute Gasteiger partial charge is 0.00315 e. The summed E-state index contributed by atoms with van der Waals surface area (Å²) in [6.45, 7) is 2.33. The fourth-order valence-corrected chi connectivity index (χ4v) is 1.45. The van der Waals surface area contributed by atoms with Crippen LogP contribution < -0.4 is 0 Å². The second-order valence-electron chi connectivity index (χ2n) is 3.20. The van der Waals surface area contributed by atoms with Gasteiger partial charge in [0.1, 0.15) is 0 Å². The van der Waals surface area contributed by atoms with E-state index in [9.17, 15) is 0 Å². The number of rotatable bonds is 3. The fourth-order valence-electron chi connectivity index (χ4n) is 1.16. The molecule has 11 heavy (non-hydrogen) atoms. The predicted molar refractivity (Wildman–Crippen MR) is 54.1 cm³/mol. The van der Waals surface area contributed by atoms with Crippen molar-refractivity contribution in [2.45, 2.75) is 19.4 Å². The van der Waals surface area contributed by atoms with Crippen LogP contribution in [0, 0.1) is 5.92 Å². The zero-order valence-electron chi connectivity index (χ0n) is 7.38. The normalized spacial score (nSPS) is 13.2. The summed E-state index contributed by atoms with van der Waals surface area (Å²) in [5, 5.41) is 0. The Labute approximate surface area is 72.1 Å². The Morgan fingerprint density at radius 1 is 1.27 bits per heavy atom. The lowest BCUT2D eigenvalue weighted by Crippen LogP contribution is -1.97. The van der Waals surface area contributed by atoms with Crippen molar-refractivity contribution in [1.82, 2.24) is 0 Å². The van der Waals surface area contributed by atoms with Gasteiger partial charge in [-0.05, 0) is 17.9 Å². The molecule has 60 valence electrons. The minimum atomic E-state index is 0.879. The first kappa shape index (κ1) is 8.53. The zero-order chi connectivity index (χ0) is 8.10. The predicted octanol–water partition coefficient (Wildman–Crippen LogP) is 1.65. The summed E-state index contributed by atoms with van der Waals surface area (Å²) in [7, 11) is 1.33. The number of hydrogen-bond acceptors (Lipinski definition) is 0. The number of benzene rings is 1. The molecular formula is C10H16Si. The summed E-state index contributed by atoms with van der Waals surface area (Å²) >= 11 is 0. The topological polar surface area (TPSA) is 0 Å². The third kappa shape index (κ3) is 2.89. The molecule has 0 spiro atoms. The van der Waals surface area contributed by atoms with Crippen LogP contribution in [0.5, 0.6) is 0 Å². The molecule has 0 aliphatic rings. The molecular weight excluding hydrogens is 148 g/mol. The van der Waals surface area contributed by atoms with E-state index in [0.717, 1.165) is 5.92 Å². The first-order valence-corrected chi connectivity index (χ1v) is 5.78. The monoisotopic (exact) mass is 164 g/mol. The van der Waals surface area contributed by atoms with Gasteiger partial charge in [0.25, 0.3) is 0 Å². The van der Waals surface area contributed by atoms with Crippen LogP contribution in [0.15, 0.2) is 30.3 Å². The molecule has 0 amide bonds. The lowest BCUT2D eigenvalue weighted by atomic mass is 10.0. The highest BCUT2D eigenvalue weighted by Crippen LogP contribution is 2.09. The Hall–Kier alpha value is -0.563. The molecule has 0 N–H and O–H groups in total. The van der Waals surface area contributed by atoms with Crippen molar-refractivity contribution < 1.29 is 0 Å². The molecule has 0 fully saturated rings. The van der Waals surface area contributed by atoms with Gasteiger partial charge in [-0.1, -0.05) is 43.3 Å². The average molecular weight is 164 g/mol. The Morgan fingerprint density at radius 3 is 2.45 bits per heavy atom. The fraction of sp³-hybridized carbons (Fsp3) is 0.400. The third-order valence-corrected chi connectivity index (χ3v) is 3.52. The molecule has 1 heteroatoms. The summed E-state index contributed by atoms with van der Waals surface area (Å²) in [5.41, 5.74) is 1.48. The Balaban J connectivity index is 2.51. The van der Waals surface area contributed by atoms with Gasteiger partial charge in [-0.2, -0.15) is 0 Å². The van der Waals surface area contributed by atoms with E-state index in [-0.39, 0.29) is 0 Å². The van der Waals surface area contributed by atoms with Crippen molar-refractivity contribution in [3.63, 3.8) is 0 Å². The molecule has 1 aromatic carbocycles. The maximum atomic E-state index is 2.33. The van der Waals surface area contributed by atoms with E-state index >= 15 is 0 Å². The summed E-state index contributed by atoms with van der Waals surface area (Å²) in [6.07, 6.45) is 1.25. The van der Waals surface area contributed by atoms with Crippen LogP contribution in [0.25, 0.3) is 0 Å². The molecule has 1 rings (SSSR count). The van der Waals surface area contributed by atoms with Crippen LogP contribution >= 0.6 is 0 Å². The highest BCUT2D eigenvalue weighted by atomic mass is 28.1. The van der Waals surface area contributed by atoms with Gasteiger partial charge in [-0.3, -0.25) is 0 Å². The van der Waals surface area contributed by atoms with Crippen LogP contribution in [0.3, 0.4) is 0 Å². The molecule has 0 nitrogen and oxygen atoms in total. The average Bonchev–Trinajstić information content (AvgIpc) is 2.06. The van der Waals surface area contributed by atoms with E-state index in [1.54, 1.807) is 0 Å². The molecule has 0 saturated carbocycles. The van der Waals surface area contributed by atoms with Crippen molar-refractivity contribution in [1.29, 1.82) is 0 Å². The van der Waals surface area contributed by atoms with Crippen molar-refractivity contribution in [2.75, 3.05) is 0 Å². The number of hydrogen-bond donors (Lipinski definition) is 0. The van der Waals surface area contributed by atoms with Crippen LogP contribution in [-0.4, -0.2) is 10.2 Å². The minimum absolute atomic E-state index is 0.879. The summed E-state index contributed by atoms with van der Waals surface area (Å²) in [4.78, 5) is 0. The second-order valence-corrected chi connectivity index (χ2v) is 4.02.